The van der Waals surface area contributed by atoms with Crippen LogP contribution >= 0.6 is 0 Å². The highest BCUT2D eigenvalue weighted by molar-refractivity contribution is 5.79. The Labute approximate surface area is 140 Å². The number of carbonyl (C=O) groups excluding carboxylic acids is 1. The first-order valence-corrected chi connectivity index (χ1v) is 9.16. The number of ether oxygens (including phenoxy) is 1. The molecule has 1 aromatic carbocycles. The maximum Gasteiger partial charge on any atom is 0.223 e. The number of methoxy groups -OCH3 is 1. The topological polar surface area (TPSA) is 38.3 Å². The van der Waals surface area contributed by atoms with E-state index in [9.17, 15) is 4.79 Å². The first-order chi connectivity index (χ1) is 11.2. The lowest BCUT2D eigenvalue weighted by Gasteiger charge is -2.25. The van der Waals surface area contributed by atoms with E-state index in [2.05, 4.69) is 24.4 Å². The fourth-order valence-electron chi connectivity index (χ4n) is 3.44. The molecule has 0 heterocycles. The fraction of sp³-hybridized carbons (Fsp3) is 0.650. The summed E-state index contributed by atoms with van der Waals surface area (Å²) >= 11 is 0. The van der Waals surface area contributed by atoms with E-state index in [4.69, 9.17) is 4.74 Å². The largest absolute Gasteiger partial charge is 0.497 e. The quantitative estimate of drug-likeness (QED) is 0.767. The van der Waals surface area contributed by atoms with Gasteiger partial charge in [0.1, 0.15) is 5.75 Å². The van der Waals surface area contributed by atoms with Gasteiger partial charge in [-0.2, -0.15) is 0 Å². The standard InChI is InChI=1S/C20H31NO2/c1-3-4-12-18(14-16-9-8-13-19(15-16)23-2)21-20(22)17-10-6-5-7-11-17/h8-9,13,15,17-18H,3-7,10-12,14H2,1-2H3,(H,21,22)/t18-/m0/s1. The van der Waals surface area contributed by atoms with Crippen LogP contribution in [0.2, 0.25) is 0 Å². The van der Waals surface area contributed by atoms with E-state index in [0.717, 1.165) is 44.3 Å². The summed E-state index contributed by atoms with van der Waals surface area (Å²) in [5.74, 6) is 1.39. The zero-order valence-corrected chi connectivity index (χ0v) is 14.6. The third kappa shape index (κ3) is 5.89. The van der Waals surface area contributed by atoms with Crippen molar-refractivity contribution in [2.45, 2.75) is 70.8 Å². The molecule has 1 aliphatic carbocycles. The van der Waals surface area contributed by atoms with Crippen molar-refractivity contribution in [2.75, 3.05) is 7.11 Å². The van der Waals surface area contributed by atoms with Crippen molar-refractivity contribution in [3.8, 4) is 5.75 Å². The van der Waals surface area contributed by atoms with Gasteiger partial charge in [-0.3, -0.25) is 4.79 Å². The number of hydrogen-bond acceptors (Lipinski definition) is 2. The molecule has 1 amide bonds. The summed E-state index contributed by atoms with van der Waals surface area (Å²) in [6.07, 6.45) is 10.1. The Kier molecular flexibility index (Phi) is 7.44. The van der Waals surface area contributed by atoms with Crippen LogP contribution in [0.1, 0.15) is 63.9 Å². The minimum absolute atomic E-state index is 0.233. The molecule has 1 fully saturated rings. The molecule has 0 aliphatic heterocycles. The number of hydrogen-bond donors (Lipinski definition) is 1. The minimum Gasteiger partial charge on any atom is -0.497 e. The average Bonchev–Trinajstić information content (AvgIpc) is 2.60. The SMILES string of the molecule is CCCC[C@@H](Cc1cccc(OC)c1)NC(=O)C1CCCCC1. The maximum absolute atomic E-state index is 12.5. The molecule has 0 bridgehead atoms. The van der Waals surface area contributed by atoms with Crippen molar-refractivity contribution in [3.63, 3.8) is 0 Å². The fourth-order valence-corrected chi connectivity index (χ4v) is 3.44. The van der Waals surface area contributed by atoms with Crippen LogP contribution in [0.5, 0.6) is 5.75 Å². The third-order valence-electron chi connectivity index (χ3n) is 4.84. The monoisotopic (exact) mass is 317 g/mol. The Morgan fingerprint density at radius 3 is 2.78 bits per heavy atom. The second-order valence-corrected chi connectivity index (χ2v) is 6.74. The molecule has 3 nitrogen and oxygen atoms in total. The highest BCUT2D eigenvalue weighted by Gasteiger charge is 2.23. The summed E-state index contributed by atoms with van der Waals surface area (Å²) < 4.78 is 5.31. The van der Waals surface area contributed by atoms with Crippen molar-refractivity contribution >= 4 is 5.91 Å². The molecular weight excluding hydrogens is 286 g/mol. The molecule has 2 rings (SSSR count). The van der Waals surface area contributed by atoms with Crippen LogP contribution in [-0.4, -0.2) is 19.1 Å². The van der Waals surface area contributed by atoms with Crippen molar-refractivity contribution in [2.24, 2.45) is 5.92 Å². The van der Waals surface area contributed by atoms with Gasteiger partial charge >= 0.3 is 0 Å². The summed E-state index contributed by atoms with van der Waals surface area (Å²) in [4.78, 5) is 12.5. The molecule has 0 radical (unpaired) electrons. The predicted octanol–water partition coefficient (Wildman–Crippen LogP) is 4.49. The van der Waals surface area contributed by atoms with Gasteiger partial charge in [0.05, 0.1) is 7.11 Å². The van der Waals surface area contributed by atoms with E-state index in [1.165, 1.54) is 24.8 Å². The lowest BCUT2D eigenvalue weighted by atomic mass is 9.88. The lowest BCUT2D eigenvalue weighted by Crippen LogP contribution is -2.40. The Morgan fingerprint density at radius 1 is 1.30 bits per heavy atom. The number of amides is 1. The normalized spacial score (nSPS) is 16.8. The molecule has 1 aliphatic rings. The van der Waals surface area contributed by atoms with Crippen molar-refractivity contribution in [1.82, 2.24) is 5.32 Å². The molecule has 0 aromatic heterocycles. The van der Waals surface area contributed by atoms with Crippen LogP contribution in [0.15, 0.2) is 24.3 Å². The predicted molar refractivity (Wildman–Crippen MR) is 94.7 cm³/mol. The van der Waals surface area contributed by atoms with E-state index < -0.39 is 0 Å². The highest BCUT2D eigenvalue weighted by atomic mass is 16.5. The van der Waals surface area contributed by atoms with Gasteiger partial charge in [0.25, 0.3) is 0 Å². The van der Waals surface area contributed by atoms with Crippen LogP contribution in [0.3, 0.4) is 0 Å². The Bertz CT molecular complexity index is 480. The molecule has 23 heavy (non-hydrogen) atoms. The van der Waals surface area contributed by atoms with E-state index in [-0.39, 0.29) is 17.9 Å². The van der Waals surface area contributed by atoms with Crippen LogP contribution in [0, 0.1) is 5.92 Å². The second-order valence-electron chi connectivity index (χ2n) is 6.74. The van der Waals surface area contributed by atoms with E-state index in [0.29, 0.717) is 0 Å². The average molecular weight is 317 g/mol. The molecule has 0 unspecified atom stereocenters. The molecule has 1 aromatic rings. The molecule has 0 saturated heterocycles. The molecule has 1 atom stereocenters. The van der Waals surface area contributed by atoms with E-state index in [1.54, 1.807) is 7.11 Å². The van der Waals surface area contributed by atoms with Gasteiger partial charge in [-0.15, -0.1) is 0 Å². The van der Waals surface area contributed by atoms with Crippen LogP contribution in [-0.2, 0) is 11.2 Å². The van der Waals surface area contributed by atoms with Gasteiger partial charge in [-0.05, 0) is 43.4 Å². The molecule has 3 heteroatoms. The highest BCUT2D eigenvalue weighted by Crippen LogP contribution is 2.24. The number of rotatable bonds is 8. The Morgan fingerprint density at radius 2 is 2.09 bits per heavy atom. The number of unbranched alkanes of at least 4 members (excludes halogenated alkanes) is 1. The first kappa shape index (κ1) is 17.8. The lowest BCUT2D eigenvalue weighted by molar-refractivity contribution is -0.126. The summed E-state index contributed by atoms with van der Waals surface area (Å²) in [6, 6.07) is 8.41. The zero-order chi connectivity index (χ0) is 16.5. The Balaban J connectivity index is 1.96. The van der Waals surface area contributed by atoms with Gasteiger partial charge in [-0.1, -0.05) is 51.2 Å². The zero-order valence-electron chi connectivity index (χ0n) is 14.6. The molecule has 128 valence electrons. The first-order valence-electron chi connectivity index (χ1n) is 9.16. The van der Waals surface area contributed by atoms with Crippen LogP contribution < -0.4 is 10.1 Å². The van der Waals surface area contributed by atoms with Gasteiger partial charge < -0.3 is 10.1 Å². The molecule has 0 spiro atoms. The van der Waals surface area contributed by atoms with Gasteiger partial charge in [-0.25, -0.2) is 0 Å². The van der Waals surface area contributed by atoms with E-state index >= 15 is 0 Å². The summed E-state index contributed by atoms with van der Waals surface area (Å²) in [7, 11) is 1.69. The third-order valence-corrected chi connectivity index (χ3v) is 4.84. The summed E-state index contributed by atoms with van der Waals surface area (Å²) in [6.45, 7) is 2.20. The number of nitrogens with one attached hydrogen (secondary N) is 1. The van der Waals surface area contributed by atoms with Crippen LogP contribution in [0.4, 0.5) is 0 Å². The second kappa shape index (κ2) is 9.59. The Hall–Kier alpha value is -1.51. The molecule has 1 N–H and O–H groups in total. The minimum atomic E-state index is 0.233. The van der Waals surface area contributed by atoms with Gasteiger partial charge in [0.2, 0.25) is 5.91 Å². The number of carbonyl (C=O) groups is 1. The van der Waals surface area contributed by atoms with Crippen molar-refractivity contribution in [1.29, 1.82) is 0 Å². The van der Waals surface area contributed by atoms with Crippen molar-refractivity contribution in [3.05, 3.63) is 29.8 Å². The maximum atomic E-state index is 12.5. The van der Waals surface area contributed by atoms with Crippen LogP contribution in [0.25, 0.3) is 0 Å². The van der Waals surface area contributed by atoms with Gasteiger partial charge in [0, 0.05) is 12.0 Å². The summed E-state index contributed by atoms with van der Waals surface area (Å²) in [5, 5.41) is 3.33. The van der Waals surface area contributed by atoms with Crippen molar-refractivity contribution < 1.29 is 9.53 Å². The summed E-state index contributed by atoms with van der Waals surface area (Å²) in [5.41, 5.74) is 1.23. The van der Waals surface area contributed by atoms with E-state index in [1.807, 2.05) is 12.1 Å². The molecular formula is C20H31NO2. The van der Waals surface area contributed by atoms with Gasteiger partial charge in [0.15, 0.2) is 0 Å². The number of benzene rings is 1. The molecule has 1 saturated carbocycles. The smallest absolute Gasteiger partial charge is 0.223 e.